The van der Waals surface area contributed by atoms with E-state index in [1.165, 1.54) is 0 Å². The van der Waals surface area contributed by atoms with Gasteiger partial charge in [0.15, 0.2) is 11.3 Å². The van der Waals surface area contributed by atoms with Crippen molar-refractivity contribution >= 4 is 28.4 Å². The Labute approximate surface area is 177 Å². The summed E-state index contributed by atoms with van der Waals surface area (Å²) in [5, 5.41) is 5.15. The van der Waals surface area contributed by atoms with E-state index in [9.17, 15) is 40.3 Å². The molecule has 1 amide bonds. The molecule has 0 spiro atoms. The molecule has 0 aliphatic rings. The second-order valence-corrected chi connectivity index (χ2v) is 6.66. The molecule has 0 radical (unpaired) electrons. The SMILES string of the molecule is O=C(Cn1c(=O)c2ccc(C(F)(F)F)nc2n2ncc(C(F)(F)F)c12)Nc1ccc(F)cn1. The maximum Gasteiger partial charge on any atom is 0.433 e. The average Bonchev–Trinajstić information content (AvgIpc) is 3.17. The Kier molecular flexibility index (Phi) is 5.06. The van der Waals surface area contributed by atoms with Crippen molar-refractivity contribution in [2.75, 3.05) is 5.32 Å². The normalized spacial score (nSPS) is 12.5. The van der Waals surface area contributed by atoms with E-state index < -0.39 is 64.1 Å². The predicted molar refractivity (Wildman–Crippen MR) is 97.6 cm³/mol. The summed E-state index contributed by atoms with van der Waals surface area (Å²) < 4.78 is 93.6. The van der Waals surface area contributed by atoms with Gasteiger partial charge in [-0.1, -0.05) is 0 Å². The number of amides is 1. The molecule has 0 fully saturated rings. The first-order chi connectivity index (χ1) is 15.4. The lowest BCUT2D eigenvalue weighted by atomic mass is 10.2. The standard InChI is InChI=1S/C18H9F7N6O2/c19-8-1-4-12(26-5-8)29-13(32)7-30-15-10(17(20,21)22)6-27-31(15)14-9(16(30)33)2-3-11(28-14)18(23,24)25/h1-6H,7H2,(H,26,29,32). The molecule has 0 atom stereocenters. The first kappa shape index (κ1) is 22.2. The molecule has 0 saturated carbocycles. The molecule has 0 aliphatic carbocycles. The van der Waals surface area contributed by atoms with Gasteiger partial charge in [-0.3, -0.25) is 14.2 Å². The molecule has 172 valence electrons. The van der Waals surface area contributed by atoms with Crippen LogP contribution < -0.4 is 10.9 Å². The number of aromatic nitrogens is 5. The quantitative estimate of drug-likeness (QED) is 0.460. The topological polar surface area (TPSA) is 94.2 Å². The first-order valence-electron chi connectivity index (χ1n) is 8.83. The van der Waals surface area contributed by atoms with E-state index in [1.807, 2.05) is 0 Å². The van der Waals surface area contributed by atoms with Crippen LogP contribution in [0.2, 0.25) is 0 Å². The van der Waals surface area contributed by atoms with Crippen LogP contribution >= 0.6 is 0 Å². The molecule has 8 nitrogen and oxygen atoms in total. The van der Waals surface area contributed by atoms with Crippen molar-refractivity contribution in [3.05, 3.63) is 64.1 Å². The van der Waals surface area contributed by atoms with Crippen LogP contribution in [-0.2, 0) is 23.7 Å². The molecule has 4 heterocycles. The van der Waals surface area contributed by atoms with Crippen LogP contribution in [0.5, 0.6) is 0 Å². The molecule has 0 aromatic carbocycles. The van der Waals surface area contributed by atoms with Gasteiger partial charge >= 0.3 is 12.4 Å². The van der Waals surface area contributed by atoms with Gasteiger partial charge in [0.1, 0.15) is 29.4 Å². The number of rotatable bonds is 3. The summed E-state index contributed by atoms with van der Waals surface area (Å²) in [4.78, 5) is 32.1. The lowest BCUT2D eigenvalue weighted by molar-refractivity contribution is -0.141. The van der Waals surface area contributed by atoms with Crippen molar-refractivity contribution in [1.82, 2.24) is 24.1 Å². The number of alkyl halides is 6. The predicted octanol–water partition coefficient (Wildman–Crippen LogP) is 3.25. The maximum absolute atomic E-state index is 13.5. The average molecular weight is 474 g/mol. The van der Waals surface area contributed by atoms with E-state index >= 15 is 0 Å². The summed E-state index contributed by atoms with van der Waals surface area (Å²) in [5.41, 5.74) is -5.86. The third kappa shape index (κ3) is 4.08. The molecule has 0 aliphatic heterocycles. The smallest absolute Gasteiger partial charge is 0.309 e. The van der Waals surface area contributed by atoms with Crippen LogP contribution in [0.4, 0.5) is 36.6 Å². The Bertz CT molecular complexity index is 1440. The molecule has 0 unspecified atom stereocenters. The molecule has 15 heteroatoms. The van der Waals surface area contributed by atoms with Crippen LogP contribution in [0, 0.1) is 5.82 Å². The van der Waals surface area contributed by atoms with Crippen LogP contribution in [0.3, 0.4) is 0 Å². The van der Waals surface area contributed by atoms with Crippen LogP contribution in [0.15, 0.2) is 41.5 Å². The summed E-state index contributed by atoms with van der Waals surface area (Å²) in [6.07, 6.45) is -8.90. The summed E-state index contributed by atoms with van der Waals surface area (Å²) in [5.74, 6) is -1.86. The Morgan fingerprint density at radius 2 is 1.73 bits per heavy atom. The minimum Gasteiger partial charge on any atom is -0.309 e. The van der Waals surface area contributed by atoms with Crippen LogP contribution in [0.25, 0.3) is 16.7 Å². The van der Waals surface area contributed by atoms with E-state index in [1.54, 1.807) is 0 Å². The van der Waals surface area contributed by atoms with Crippen molar-refractivity contribution in [3.8, 4) is 0 Å². The Morgan fingerprint density at radius 1 is 1.00 bits per heavy atom. The van der Waals surface area contributed by atoms with Gasteiger partial charge in [-0.15, -0.1) is 0 Å². The highest BCUT2D eigenvalue weighted by Gasteiger charge is 2.38. The Balaban J connectivity index is 1.91. The Morgan fingerprint density at radius 3 is 2.33 bits per heavy atom. The largest absolute Gasteiger partial charge is 0.433 e. The van der Waals surface area contributed by atoms with E-state index in [0.717, 1.165) is 24.4 Å². The monoisotopic (exact) mass is 474 g/mol. The number of pyridine rings is 2. The first-order valence-corrected chi connectivity index (χ1v) is 8.83. The molecule has 4 aromatic rings. The van der Waals surface area contributed by atoms with Crippen molar-refractivity contribution in [2.24, 2.45) is 0 Å². The van der Waals surface area contributed by atoms with E-state index in [2.05, 4.69) is 20.4 Å². The fourth-order valence-corrected chi connectivity index (χ4v) is 3.06. The van der Waals surface area contributed by atoms with Gasteiger partial charge in [0.05, 0.1) is 17.8 Å². The van der Waals surface area contributed by atoms with Gasteiger partial charge in [0.25, 0.3) is 5.56 Å². The second kappa shape index (κ2) is 7.53. The number of nitrogens with zero attached hydrogens (tertiary/aromatic N) is 5. The minimum absolute atomic E-state index is 0.146. The van der Waals surface area contributed by atoms with Crippen LogP contribution in [0.1, 0.15) is 11.3 Å². The highest BCUT2D eigenvalue weighted by Crippen LogP contribution is 2.33. The van der Waals surface area contributed by atoms with E-state index in [4.69, 9.17) is 0 Å². The van der Waals surface area contributed by atoms with Gasteiger partial charge < -0.3 is 5.32 Å². The molecule has 33 heavy (non-hydrogen) atoms. The van der Waals surface area contributed by atoms with Crippen molar-refractivity contribution < 1.29 is 35.5 Å². The zero-order valence-corrected chi connectivity index (χ0v) is 15.9. The van der Waals surface area contributed by atoms with Gasteiger partial charge in [-0.2, -0.15) is 36.0 Å². The van der Waals surface area contributed by atoms with Gasteiger partial charge in [0.2, 0.25) is 5.91 Å². The number of carbonyl (C=O) groups excluding carboxylic acids is 1. The molecule has 1 N–H and O–H groups in total. The van der Waals surface area contributed by atoms with Crippen molar-refractivity contribution in [2.45, 2.75) is 18.9 Å². The molecule has 4 aromatic heterocycles. The number of halogens is 7. The van der Waals surface area contributed by atoms with Gasteiger partial charge in [-0.05, 0) is 24.3 Å². The summed E-state index contributed by atoms with van der Waals surface area (Å²) >= 11 is 0. The minimum atomic E-state index is -5.06. The number of hydrogen-bond acceptors (Lipinski definition) is 5. The van der Waals surface area contributed by atoms with E-state index in [0.29, 0.717) is 21.3 Å². The van der Waals surface area contributed by atoms with Crippen LogP contribution in [-0.4, -0.2) is 30.1 Å². The highest BCUT2D eigenvalue weighted by atomic mass is 19.4. The molecule has 0 bridgehead atoms. The fraction of sp³-hybridized carbons (Fsp3) is 0.167. The number of nitrogens with one attached hydrogen (secondary N) is 1. The summed E-state index contributed by atoms with van der Waals surface area (Å²) in [6, 6.07) is 3.26. The molecular weight excluding hydrogens is 465 g/mol. The third-order valence-corrected chi connectivity index (χ3v) is 4.44. The zero-order chi connectivity index (χ0) is 24.1. The second-order valence-electron chi connectivity index (χ2n) is 6.66. The molecule has 4 rings (SSSR count). The summed E-state index contributed by atoms with van der Waals surface area (Å²) in [6.45, 7) is -0.979. The van der Waals surface area contributed by atoms with Crippen molar-refractivity contribution in [3.63, 3.8) is 0 Å². The molecular formula is C18H9F7N6O2. The number of carbonyl (C=O) groups is 1. The van der Waals surface area contributed by atoms with E-state index in [-0.39, 0.29) is 5.82 Å². The zero-order valence-electron chi connectivity index (χ0n) is 15.9. The lowest BCUT2D eigenvalue weighted by Gasteiger charge is -2.14. The fourth-order valence-electron chi connectivity index (χ4n) is 3.06. The summed E-state index contributed by atoms with van der Waals surface area (Å²) in [7, 11) is 0. The maximum atomic E-state index is 13.5. The molecule has 0 saturated heterocycles. The highest BCUT2D eigenvalue weighted by molar-refractivity contribution is 5.90. The Hall–Kier alpha value is -4.04. The lowest BCUT2D eigenvalue weighted by Crippen LogP contribution is -2.31. The number of anilines is 1. The number of fused-ring (bicyclic) bond motifs is 3. The third-order valence-electron chi connectivity index (χ3n) is 4.44. The van der Waals surface area contributed by atoms with Gasteiger partial charge in [-0.25, -0.2) is 14.4 Å². The van der Waals surface area contributed by atoms with Crippen molar-refractivity contribution in [1.29, 1.82) is 0 Å². The number of hydrogen-bond donors (Lipinski definition) is 1. The van der Waals surface area contributed by atoms with Gasteiger partial charge in [0, 0.05) is 0 Å².